The van der Waals surface area contributed by atoms with E-state index in [2.05, 4.69) is 49.9 Å². The molecule has 0 atom stereocenters. The van der Waals surface area contributed by atoms with Crippen LogP contribution in [0.15, 0.2) is 77.8 Å². The van der Waals surface area contributed by atoms with Gasteiger partial charge in [-0.15, -0.1) is 0 Å². The average Bonchev–Trinajstić information content (AvgIpc) is 2.44. The van der Waals surface area contributed by atoms with Gasteiger partial charge in [0.1, 0.15) is 0 Å². The molecule has 1 nitrogen and oxygen atoms in total. The monoisotopic (exact) mass is 245 g/mol. The SMILES string of the molecule is C=C1C=CC=CC1=Nc1c(C)ccc2ccccc12. The molecule has 0 fully saturated rings. The molecule has 0 radical (unpaired) electrons. The summed E-state index contributed by atoms with van der Waals surface area (Å²) in [6, 6.07) is 12.6. The van der Waals surface area contributed by atoms with E-state index in [1.165, 1.54) is 16.3 Å². The molecule has 0 aromatic heterocycles. The maximum absolute atomic E-state index is 4.81. The Balaban J connectivity index is 2.23. The minimum atomic E-state index is 0.932. The molecule has 2 aromatic carbocycles. The van der Waals surface area contributed by atoms with Crippen molar-refractivity contribution in [1.29, 1.82) is 0 Å². The third-order valence-electron chi connectivity index (χ3n) is 3.33. The molecule has 0 bridgehead atoms. The molecule has 0 saturated heterocycles. The van der Waals surface area contributed by atoms with Gasteiger partial charge < -0.3 is 0 Å². The maximum Gasteiger partial charge on any atom is 0.0744 e. The van der Waals surface area contributed by atoms with Crippen molar-refractivity contribution in [3.05, 3.63) is 78.4 Å². The Morgan fingerprint density at radius 2 is 1.74 bits per heavy atom. The Hall–Kier alpha value is -2.41. The van der Waals surface area contributed by atoms with E-state index in [-0.39, 0.29) is 0 Å². The third-order valence-corrected chi connectivity index (χ3v) is 3.33. The molecule has 0 amide bonds. The lowest BCUT2D eigenvalue weighted by Crippen LogP contribution is -1.98. The van der Waals surface area contributed by atoms with Gasteiger partial charge in [-0.05, 0) is 29.5 Å². The molecule has 0 spiro atoms. The maximum atomic E-state index is 4.81. The standard InChI is InChI=1S/C18H15N/c1-13-7-3-6-10-17(13)19-18-14(2)11-12-15-8-4-5-9-16(15)18/h3-12H,1H2,2H3. The van der Waals surface area contributed by atoms with E-state index < -0.39 is 0 Å². The summed E-state index contributed by atoms with van der Waals surface area (Å²) >= 11 is 0. The summed E-state index contributed by atoms with van der Waals surface area (Å²) in [6.45, 7) is 6.13. The summed E-state index contributed by atoms with van der Waals surface area (Å²) in [5, 5.41) is 2.40. The van der Waals surface area contributed by atoms with Gasteiger partial charge in [-0.3, -0.25) is 0 Å². The zero-order valence-corrected chi connectivity index (χ0v) is 10.9. The van der Waals surface area contributed by atoms with E-state index in [1.54, 1.807) is 0 Å². The zero-order chi connectivity index (χ0) is 13.2. The summed E-state index contributed by atoms with van der Waals surface area (Å²) in [7, 11) is 0. The number of benzene rings is 2. The van der Waals surface area contributed by atoms with Crippen molar-refractivity contribution in [2.24, 2.45) is 4.99 Å². The average molecular weight is 245 g/mol. The van der Waals surface area contributed by atoms with E-state index in [0.717, 1.165) is 17.0 Å². The van der Waals surface area contributed by atoms with Gasteiger partial charge in [0.25, 0.3) is 0 Å². The van der Waals surface area contributed by atoms with Gasteiger partial charge in [0, 0.05) is 5.39 Å². The van der Waals surface area contributed by atoms with Gasteiger partial charge in [-0.2, -0.15) is 0 Å². The summed E-state index contributed by atoms with van der Waals surface area (Å²) in [4.78, 5) is 4.81. The smallest absolute Gasteiger partial charge is 0.0744 e. The largest absolute Gasteiger partial charge is 0.248 e. The molecule has 0 N–H and O–H groups in total. The number of hydrogen-bond donors (Lipinski definition) is 0. The molecule has 92 valence electrons. The van der Waals surface area contributed by atoms with E-state index >= 15 is 0 Å². The van der Waals surface area contributed by atoms with Crippen LogP contribution in [-0.4, -0.2) is 5.71 Å². The molecule has 1 aliphatic carbocycles. The van der Waals surface area contributed by atoms with Crippen molar-refractivity contribution in [3.63, 3.8) is 0 Å². The molecular formula is C18H15N. The number of allylic oxidation sites excluding steroid dienone is 5. The predicted molar refractivity (Wildman–Crippen MR) is 83.2 cm³/mol. The summed E-state index contributed by atoms with van der Waals surface area (Å²) < 4.78 is 0. The van der Waals surface area contributed by atoms with Crippen LogP contribution in [0, 0.1) is 6.92 Å². The quantitative estimate of drug-likeness (QED) is 0.677. The van der Waals surface area contributed by atoms with Crippen LogP contribution in [0.1, 0.15) is 5.56 Å². The van der Waals surface area contributed by atoms with E-state index in [0.29, 0.717) is 0 Å². The third kappa shape index (κ3) is 2.15. The number of nitrogens with zero attached hydrogens (tertiary/aromatic N) is 1. The van der Waals surface area contributed by atoms with Crippen molar-refractivity contribution in [2.75, 3.05) is 0 Å². The second-order valence-electron chi connectivity index (χ2n) is 4.69. The van der Waals surface area contributed by atoms with Crippen LogP contribution in [0.3, 0.4) is 0 Å². The van der Waals surface area contributed by atoms with Crippen molar-refractivity contribution in [2.45, 2.75) is 6.92 Å². The number of aliphatic imine (C=N–C) groups is 1. The molecule has 1 heteroatoms. The zero-order valence-electron chi connectivity index (χ0n) is 10.9. The molecular weight excluding hydrogens is 230 g/mol. The first kappa shape index (κ1) is 11.7. The van der Waals surface area contributed by atoms with Crippen LogP contribution < -0.4 is 0 Å². The Kier molecular flexibility index (Phi) is 2.88. The lowest BCUT2D eigenvalue weighted by atomic mass is 10.0. The molecule has 19 heavy (non-hydrogen) atoms. The lowest BCUT2D eigenvalue weighted by Gasteiger charge is -2.09. The predicted octanol–water partition coefficient (Wildman–Crippen LogP) is 4.90. The number of fused-ring (bicyclic) bond motifs is 1. The second kappa shape index (κ2) is 4.69. The van der Waals surface area contributed by atoms with Crippen molar-refractivity contribution < 1.29 is 0 Å². The van der Waals surface area contributed by atoms with Crippen molar-refractivity contribution in [1.82, 2.24) is 0 Å². The van der Waals surface area contributed by atoms with Gasteiger partial charge in [0.2, 0.25) is 0 Å². The number of aryl methyl sites for hydroxylation is 1. The molecule has 1 aliphatic rings. The Bertz CT molecular complexity index is 745. The van der Waals surface area contributed by atoms with Crippen molar-refractivity contribution in [3.8, 4) is 0 Å². The Morgan fingerprint density at radius 1 is 0.947 bits per heavy atom. The van der Waals surface area contributed by atoms with Crippen LogP contribution in [0.4, 0.5) is 5.69 Å². The van der Waals surface area contributed by atoms with Crippen LogP contribution in [-0.2, 0) is 0 Å². The minimum Gasteiger partial charge on any atom is -0.248 e. The molecule has 0 unspecified atom stereocenters. The first-order valence-corrected chi connectivity index (χ1v) is 6.37. The minimum absolute atomic E-state index is 0.932. The molecule has 0 heterocycles. The van der Waals surface area contributed by atoms with Gasteiger partial charge in [-0.1, -0.05) is 61.2 Å². The highest BCUT2D eigenvalue weighted by molar-refractivity contribution is 6.13. The fourth-order valence-electron chi connectivity index (χ4n) is 2.25. The summed E-state index contributed by atoms with van der Waals surface area (Å²) in [5.74, 6) is 0. The van der Waals surface area contributed by atoms with E-state index in [4.69, 9.17) is 4.99 Å². The topological polar surface area (TPSA) is 12.4 Å². The van der Waals surface area contributed by atoms with E-state index in [1.807, 2.05) is 24.3 Å². The first-order chi connectivity index (χ1) is 9.25. The van der Waals surface area contributed by atoms with E-state index in [9.17, 15) is 0 Å². The fraction of sp³-hybridized carbons (Fsp3) is 0.0556. The van der Waals surface area contributed by atoms with Crippen LogP contribution >= 0.6 is 0 Å². The summed E-state index contributed by atoms with van der Waals surface area (Å²) in [5.41, 5.74) is 4.10. The highest BCUT2D eigenvalue weighted by atomic mass is 14.8. The number of hydrogen-bond acceptors (Lipinski definition) is 1. The molecule has 0 aliphatic heterocycles. The number of rotatable bonds is 1. The van der Waals surface area contributed by atoms with Gasteiger partial charge in [-0.25, -0.2) is 4.99 Å². The van der Waals surface area contributed by atoms with Crippen LogP contribution in [0.25, 0.3) is 10.8 Å². The first-order valence-electron chi connectivity index (χ1n) is 6.37. The molecule has 0 saturated carbocycles. The second-order valence-corrected chi connectivity index (χ2v) is 4.69. The Morgan fingerprint density at radius 3 is 2.58 bits per heavy atom. The van der Waals surface area contributed by atoms with Gasteiger partial charge >= 0.3 is 0 Å². The van der Waals surface area contributed by atoms with Crippen LogP contribution in [0.5, 0.6) is 0 Å². The van der Waals surface area contributed by atoms with Crippen molar-refractivity contribution >= 4 is 22.2 Å². The highest BCUT2D eigenvalue weighted by Crippen LogP contribution is 2.30. The van der Waals surface area contributed by atoms with Gasteiger partial charge in [0.05, 0.1) is 11.4 Å². The molecule has 3 rings (SSSR count). The Labute approximate surface area is 113 Å². The van der Waals surface area contributed by atoms with Crippen LogP contribution in [0.2, 0.25) is 0 Å². The summed E-state index contributed by atoms with van der Waals surface area (Å²) in [6.07, 6.45) is 7.97. The lowest BCUT2D eigenvalue weighted by molar-refractivity contribution is 1.42. The van der Waals surface area contributed by atoms with Gasteiger partial charge in [0.15, 0.2) is 0 Å². The molecule has 2 aromatic rings. The highest BCUT2D eigenvalue weighted by Gasteiger charge is 2.06. The fourth-order valence-corrected chi connectivity index (χ4v) is 2.25. The normalized spacial score (nSPS) is 16.5.